The van der Waals surface area contributed by atoms with Crippen molar-refractivity contribution in [2.24, 2.45) is 0 Å². The third-order valence-electron chi connectivity index (χ3n) is 4.74. The van der Waals surface area contributed by atoms with E-state index in [9.17, 15) is 9.18 Å². The Kier molecular flexibility index (Phi) is 5.45. The molecule has 25 heavy (non-hydrogen) atoms. The molecule has 1 aromatic carbocycles. The third-order valence-corrected chi connectivity index (χ3v) is 4.74. The molecule has 3 rings (SSSR count). The van der Waals surface area contributed by atoms with Gasteiger partial charge in [0.25, 0.3) is 0 Å². The number of aromatic nitrogens is 2. The van der Waals surface area contributed by atoms with Crippen LogP contribution in [0.2, 0.25) is 0 Å². The van der Waals surface area contributed by atoms with Crippen LogP contribution >= 0.6 is 0 Å². The highest BCUT2D eigenvalue weighted by Gasteiger charge is 2.33. The molecule has 6 nitrogen and oxygen atoms in total. The van der Waals surface area contributed by atoms with Crippen LogP contribution in [0, 0.1) is 5.82 Å². The summed E-state index contributed by atoms with van der Waals surface area (Å²) in [6.45, 7) is 3.51. The zero-order valence-electron chi connectivity index (χ0n) is 14.2. The van der Waals surface area contributed by atoms with Crippen LogP contribution in [0.3, 0.4) is 0 Å². The van der Waals surface area contributed by atoms with E-state index >= 15 is 0 Å². The zero-order chi connectivity index (χ0) is 17.8. The van der Waals surface area contributed by atoms with Gasteiger partial charge in [-0.25, -0.2) is 9.07 Å². The number of carboxylic acid groups (broad SMARTS) is 1. The molecule has 1 heterocycles. The van der Waals surface area contributed by atoms with E-state index < -0.39 is 5.97 Å². The lowest BCUT2D eigenvalue weighted by Crippen LogP contribution is -2.53. The monoisotopic (exact) mass is 346 g/mol. The lowest BCUT2D eigenvalue weighted by molar-refractivity contribution is -0.139. The molecular weight excluding hydrogens is 323 g/mol. The normalized spacial score (nSPS) is 19.8. The standard InChI is InChI=1S/C18H23FN4O2/c1-2-22(12-18(24)25)17-9-14(10-17)20-11-16-7-8-21-23(16)15-5-3-13(19)4-6-15/h3-8,14,17,20H,2,9-12H2,1H3,(H,24,25). The van der Waals surface area contributed by atoms with Gasteiger partial charge < -0.3 is 10.4 Å². The first-order valence-electron chi connectivity index (χ1n) is 8.55. The minimum atomic E-state index is -0.776. The number of benzene rings is 1. The molecule has 1 aromatic heterocycles. The van der Waals surface area contributed by atoms with E-state index in [1.807, 2.05) is 17.9 Å². The van der Waals surface area contributed by atoms with Gasteiger partial charge in [0.05, 0.1) is 17.9 Å². The summed E-state index contributed by atoms with van der Waals surface area (Å²) in [4.78, 5) is 12.9. The maximum Gasteiger partial charge on any atom is 0.317 e. The number of hydrogen-bond acceptors (Lipinski definition) is 4. The molecule has 0 spiro atoms. The third kappa shape index (κ3) is 4.24. The maximum atomic E-state index is 13.1. The topological polar surface area (TPSA) is 70.4 Å². The van der Waals surface area contributed by atoms with Gasteiger partial charge in [-0.3, -0.25) is 9.69 Å². The van der Waals surface area contributed by atoms with Gasteiger partial charge in [-0.2, -0.15) is 5.10 Å². The first-order chi connectivity index (χ1) is 12.1. The summed E-state index contributed by atoms with van der Waals surface area (Å²) >= 11 is 0. The van der Waals surface area contributed by atoms with Gasteiger partial charge in [0.2, 0.25) is 0 Å². The number of aliphatic carboxylic acids is 1. The van der Waals surface area contributed by atoms with Crippen molar-refractivity contribution in [2.75, 3.05) is 13.1 Å². The molecule has 134 valence electrons. The number of nitrogens with one attached hydrogen (secondary N) is 1. The highest BCUT2D eigenvalue weighted by Crippen LogP contribution is 2.26. The maximum absolute atomic E-state index is 13.1. The van der Waals surface area contributed by atoms with Crippen molar-refractivity contribution in [1.82, 2.24) is 20.0 Å². The van der Waals surface area contributed by atoms with Crippen LogP contribution in [0.4, 0.5) is 4.39 Å². The second kappa shape index (κ2) is 7.76. The fourth-order valence-electron chi connectivity index (χ4n) is 3.25. The Morgan fingerprint density at radius 3 is 2.72 bits per heavy atom. The van der Waals surface area contributed by atoms with Gasteiger partial charge in [0.15, 0.2) is 0 Å². The average Bonchev–Trinajstić information content (AvgIpc) is 3.01. The van der Waals surface area contributed by atoms with Crippen LogP contribution in [0.5, 0.6) is 0 Å². The summed E-state index contributed by atoms with van der Waals surface area (Å²) in [5, 5.41) is 16.7. The number of carbonyl (C=O) groups is 1. The second-order valence-electron chi connectivity index (χ2n) is 6.37. The summed E-state index contributed by atoms with van der Waals surface area (Å²) in [5.74, 6) is -1.04. The summed E-state index contributed by atoms with van der Waals surface area (Å²) in [6.07, 6.45) is 3.63. The van der Waals surface area contributed by atoms with Gasteiger partial charge in [-0.05, 0) is 49.7 Å². The highest BCUT2D eigenvalue weighted by molar-refractivity contribution is 5.69. The molecule has 0 radical (unpaired) electrons. The number of nitrogens with zero attached hydrogens (tertiary/aromatic N) is 3. The Bertz CT molecular complexity index is 710. The van der Waals surface area contributed by atoms with Crippen LogP contribution in [-0.2, 0) is 11.3 Å². The van der Waals surface area contributed by atoms with Crippen LogP contribution in [0.25, 0.3) is 5.69 Å². The van der Waals surface area contributed by atoms with Crippen molar-refractivity contribution in [1.29, 1.82) is 0 Å². The van der Waals surface area contributed by atoms with Crippen molar-refractivity contribution < 1.29 is 14.3 Å². The van der Waals surface area contributed by atoms with E-state index in [1.54, 1.807) is 23.0 Å². The van der Waals surface area contributed by atoms with Crippen LogP contribution in [0.1, 0.15) is 25.5 Å². The Labute approximate surface area is 146 Å². The van der Waals surface area contributed by atoms with Crippen molar-refractivity contribution in [3.05, 3.63) is 48.0 Å². The Hall–Kier alpha value is -2.25. The minimum Gasteiger partial charge on any atom is -0.480 e. The van der Waals surface area contributed by atoms with Crippen molar-refractivity contribution >= 4 is 5.97 Å². The van der Waals surface area contributed by atoms with E-state index in [-0.39, 0.29) is 12.4 Å². The SMILES string of the molecule is CCN(CC(=O)O)C1CC(NCc2ccnn2-c2ccc(F)cc2)C1. The van der Waals surface area contributed by atoms with Crippen LogP contribution < -0.4 is 5.32 Å². The van der Waals surface area contributed by atoms with E-state index in [1.165, 1.54) is 12.1 Å². The molecule has 0 bridgehead atoms. The van der Waals surface area contributed by atoms with E-state index in [2.05, 4.69) is 10.4 Å². The summed E-state index contributed by atoms with van der Waals surface area (Å²) in [6, 6.07) is 8.91. The Morgan fingerprint density at radius 2 is 2.08 bits per heavy atom. The average molecular weight is 346 g/mol. The molecule has 0 aliphatic heterocycles. The molecule has 1 aliphatic carbocycles. The highest BCUT2D eigenvalue weighted by atomic mass is 19.1. The molecule has 0 unspecified atom stereocenters. The quantitative estimate of drug-likeness (QED) is 0.765. The molecule has 0 amide bonds. The Morgan fingerprint density at radius 1 is 1.36 bits per heavy atom. The smallest absolute Gasteiger partial charge is 0.317 e. The van der Waals surface area contributed by atoms with Crippen molar-refractivity contribution in [3.63, 3.8) is 0 Å². The van der Waals surface area contributed by atoms with Crippen LogP contribution in [0.15, 0.2) is 36.5 Å². The molecule has 1 aliphatic rings. The predicted molar refractivity (Wildman–Crippen MR) is 92.1 cm³/mol. The van der Waals surface area contributed by atoms with Gasteiger partial charge >= 0.3 is 5.97 Å². The Balaban J connectivity index is 1.52. The van der Waals surface area contributed by atoms with E-state index in [0.717, 1.165) is 30.8 Å². The fourth-order valence-corrected chi connectivity index (χ4v) is 3.25. The fraction of sp³-hybridized carbons (Fsp3) is 0.444. The number of rotatable bonds is 8. The molecular formula is C18H23FN4O2. The molecule has 0 atom stereocenters. The van der Waals surface area contributed by atoms with Gasteiger partial charge in [-0.1, -0.05) is 6.92 Å². The molecule has 2 aromatic rings. The number of hydrogen-bond donors (Lipinski definition) is 2. The predicted octanol–water partition coefficient (Wildman–Crippen LogP) is 2.04. The van der Waals surface area contributed by atoms with Crippen molar-refractivity contribution in [2.45, 2.75) is 38.4 Å². The lowest BCUT2D eigenvalue weighted by Gasteiger charge is -2.42. The summed E-state index contributed by atoms with van der Waals surface area (Å²) < 4.78 is 14.9. The first kappa shape index (κ1) is 17.6. The number of likely N-dealkylation sites (N-methyl/N-ethyl adjacent to an activating group) is 1. The zero-order valence-corrected chi connectivity index (χ0v) is 14.2. The summed E-state index contributed by atoms with van der Waals surface area (Å²) in [7, 11) is 0. The van der Waals surface area contributed by atoms with Gasteiger partial charge in [0, 0.05) is 24.8 Å². The molecule has 1 fully saturated rings. The minimum absolute atomic E-state index is 0.102. The largest absolute Gasteiger partial charge is 0.480 e. The lowest BCUT2D eigenvalue weighted by atomic mass is 9.85. The van der Waals surface area contributed by atoms with Gasteiger partial charge in [0.1, 0.15) is 5.82 Å². The van der Waals surface area contributed by atoms with Crippen molar-refractivity contribution in [3.8, 4) is 5.69 Å². The van der Waals surface area contributed by atoms with Crippen LogP contribution in [-0.4, -0.2) is 50.9 Å². The molecule has 1 saturated carbocycles. The van der Waals surface area contributed by atoms with E-state index in [0.29, 0.717) is 18.6 Å². The number of halogens is 1. The number of carboxylic acids is 1. The van der Waals surface area contributed by atoms with E-state index in [4.69, 9.17) is 5.11 Å². The van der Waals surface area contributed by atoms with Gasteiger partial charge in [-0.15, -0.1) is 0 Å². The molecule has 7 heteroatoms. The molecule has 0 saturated heterocycles. The first-order valence-corrected chi connectivity index (χ1v) is 8.55. The summed E-state index contributed by atoms with van der Waals surface area (Å²) in [5.41, 5.74) is 1.83. The second-order valence-corrected chi connectivity index (χ2v) is 6.37. The molecule has 2 N–H and O–H groups in total.